The average Bonchev–Trinajstić information content (AvgIpc) is 2.05. The SMILES string of the molecule is CCO[C@H]1CCC(CC)C(C)C1. The summed E-state index contributed by atoms with van der Waals surface area (Å²) in [5.74, 6) is 1.84. The second-order valence-electron chi connectivity index (χ2n) is 4.04. The van der Waals surface area contributed by atoms with E-state index < -0.39 is 0 Å². The number of rotatable bonds is 3. The van der Waals surface area contributed by atoms with Gasteiger partial charge in [0.2, 0.25) is 0 Å². The molecule has 0 saturated heterocycles. The molecule has 12 heavy (non-hydrogen) atoms. The van der Waals surface area contributed by atoms with Crippen LogP contribution >= 0.6 is 0 Å². The number of hydrogen-bond acceptors (Lipinski definition) is 1. The summed E-state index contributed by atoms with van der Waals surface area (Å²) in [6.07, 6.45) is 5.86. The van der Waals surface area contributed by atoms with Crippen LogP contribution in [0.5, 0.6) is 0 Å². The highest BCUT2D eigenvalue weighted by molar-refractivity contribution is 4.77. The molecule has 0 aliphatic heterocycles. The molecule has 3 atom stereocenters. The van der Waals surface area contributed by atoms with E-state index in [4.69, 9.17) is 4.74 Å². The van der Waals surface area contributed by atoms with E-state index in [9.17, 15) is 0 Å². The van der Waals surface area contributed by atoms with Gasteiger partial charge in [-0.3, -0.25) is 0 Å². The van der Waals surface area contributed by atoms with Crippen LogP contribution in [0.1, 0.15) is 46.5 Å². The van der Waals surface area contributed by atoms with Gasteiger partial charge in [-0.1, -0.05) is 20.3 Å². The quantitative estimate of drug-likeness (QED) is 0.632. The van der Waals surface area contributed by atoms with Crippen LogP contribution in [0.2, 0.25) is 0 Å². The molecule has 1 nitrogen and oxygen atoms in total. The Morgan fingerprint density at radius 1 is 1.25 bits per heavy atom. The van der Waals surface area contributed by atoms with Crippen molar-refractivity contribution in [2.45, 2.75) is 52.6 Å². The average molecular weight is 170 g/mol. The first-order valence-corrected chi connectivity index (χ1v) is 5.39. The Balaban J connectivity index is 2.30. The van der Waals surface area contributed by atoms with Crippen molar-refractivity contribution in [2.24, 2.45) is 11.8 Å². The third-order valence-corrected chi connectivity index (χ3v) is 3.23. The Morgan fingerprint density at radius 2 is 2.00 bits per heavy atom. The first-order valence-electron chi connectivity index (χ1n) is 5.39. The van der Waals surface area contributed by atoms with Gasteiger partial charge >= 0.3 is 0 Å². The highest BCUT2D eigenvalue weighted by Crippen LogP contribution is 2.33. The summed E-state index contributed by atoms with van der Waals surface area (Å²) in [4.78, 5) is 0. The van der Waals surface area contributed by atoms with E-state index >= 15 is 0 Å². The van der Waals surface area contributed by atoms with Crippen LogP contribution in [0.4, 0.5) is 0 Å². The van der Waals surface area contributed by atoms with Crippen molar-refractivity contribution in [1.82, 2.24) is 0 Å². The van der Waals surface area contributed by atoms with Crippen LogP contribution in [0.15, 0.2) is 0 Å². The molecule has 0 N–H and O–H groups in total. The Hall–Kier alpha value is -0.0400. The molecule has 1 saturated carbocycles. The molecule has 1 fully saturated rings. The zero-order chi connectivity index (χ0) is 8.97. The second-order valence-corrected chi connectivity index (χ2v) is 4.04. The van der Waals surface area contributed by atoms with Gasteiger partial charge in [0.1, 0.15) is 0 Å². The standard InChI is InChI=1S/C11H22O/c1-4-10-6-7-11(12-5-2)8-9(10)3/h9-11H,4-8H2,1-3H3/t9?,10?,11-/m0/s1. The van der Waals surface area contributed by atoms with E-state index in [0.717, 1.165) is 18.4 Å². The largest absolute Gasteiger partial charge is 0.378 e. The van der Waals surface area contributed by atoms with Gasteiger partial charge in [0.15, 0.2) is 0 Å². The lowest BCUT2D eigenvalue weighted by molar-refractivity contribution is 0.00604. The molecule has 72 valence electrons. The zero-order valence-electron chi connectivity index (χ0n) is 8.68. The Labute approximate surface area is 76.5 Å². The van der Waals surface area contributed by atoms with Crippen molar-refractivity contribution in [3.05, 3.63) is 0 Å². The number of ether oxygens (including phenoxy) is 1. The van der Waals surface area contributed by atoms with Gasteiger partial charge in [-0.05, 0) is 38.0 Å². The molecule has 0 aromatic rings. The molecule has 1 aliphatic carbocycles. The lowest BCUT2D eigenvalue weighted by Gasteiger charge is -2.33. The number of hydrogen-bond donors (Lipinski definition) is 0. The van der Waals surface area contributed by atoms with E-state index in [2.05, 4.69) is 20.8 Å². The maximum atomic E-state index is 5.65. The van der Waals surface area contributed by atoms with Crippen molar-refractivity contribution in [3.8, 4) is 0 Å². The van der Waals surface area contributed by atoms with Crippen molar-refractivity contribution in [3.63, 3.8) is 0 Å². The van der Waals surface area contributed by atoms with Crippen LogP contribution in [0.25, 0.3) is 0 Å². The smallest absolute Gasteiger partial charge is 0.0577 e. The summed E-state index contributed by atoms with van der Waals surface area (Å²) in [7, 11) is 0. The predicted molar refractivity (Wildman–Crippen MR) is 52.2 cm³/mol. The minimum absolute atomic E-state index is 0.563. The van der Waals surface area contributed by atoms with Crippen LogP contribution in [-0.4, -0.2) is 12.7 Å². The molecule has 2 unspecified atom stereocenters. The molecule has 1 rings (SSSR count). The summed E-state index contributed by atoms with van der Waals surface area (Å²) >= 11 is 0. The molecule has 0 amide bonds. The normalized spacial score (nSPS) is 36.8. The van der Waals surface area contributed by atoms with Gasteiger partial charge in [-0.25, -0.2) is 0 Å². The molecule has 0 heterocycles. The highest BCUT2D eigenvalue weighted by atomic mass is 16.5. The zero-order valence-corrected chi connectivity index (χ0v) is 8.68. The van der Waals surface area contributed by atoms with Crippen LogP contribution in [-0.2, 0) is 4.74 Å². The fourth-order valence-corrected chi connectivity index (χ4v) is 2.40. The lowest BCUT2D eigenvalue weighted by Crippen LogP contribution is -2.27. The summed E-state index contributed by atoms with van der Waals surface area (Å²) in [6.45, 7) is 7.66. The third kappa shape index (κ3) is 2.48. The summed E-state index contributed by atoms with van der Waals surface area (Å²) in [6, 6.07) is 0. The molecule has 0 radical (unpaired) electrons. The van der Waals surface area contributed by atoms with Crippen LogP contribution in [0.3, 0.4) is 0 Å². The fraction of sp³-hybridized carbons (Fsp3) is 1.00. The Bertz CT molecular complexity index is 122. The Morgan fingerprint density at radius 3 is 2.50 bits per heavy atom. The van der Waals surface area contributed by atoms with E-state index in [1.165, 1.54) is 25.7 Å². The topological polar surface area (TPSA) is 9.23 Å². The molecule has 1 heteroatoms. The molecule has 1 aliphatic rings. The molecular weight excluding hydrogens is 148 g/mol. The van der Waals surface area contributed by atoms with Gasteiger partial charge in [-0.15, -0.1) is 0 Å². The highest BCUT2D eigenvalue weighted by Gasteiger charge is 2.26. The van der Waals surface area contributed by atoms with Gasteiger partial charge in [0.05, 0.1) is 6.10 Å². The van der Waals surface area contributed by atoms with Crippen LogP contribution < -0.4 is 0 Å². The maximum absolute atomic E-state index is 5.65. The summed E-state index contributed by atoms with van der Waals surface area (Å²) in [5.41, 5.74) is 0. The minimum Gasteiger partial charge on any atom is -0.378 e. The molecular formula is C11H22O. The van der Waals surface area contributed by atoms with Gasteiger partial charge in [0, 0.05) is 6.61 Å². The van der Waals surface area contributed by atoms with Gasteiger partial charge in [-0.2, -0.15) is 0 Å². The van der Waals surface area contributed by atoms with Crippen molar-refractivity contribution < 1.29 is 4.74 Å². The molecule has 0 aromatic carbocycles. The molecule has 0 spiro atoms. The Kier molecular flexibility index (Phi) is 4.07. The van der Waals surface area contributed by atoms with E-state index in [1.807, 2.05) is 0 Å². The summed E-state index contributed by atoms with van der Waals surface area (Å²) < 4.78 is 5.65. The van der Waals surface area contributed by atoms with E-state index in [0.29, 0.717) is 6.10 Å². The molecule has 0 bridgehead atoms. The lowest BCUT2D eigenvalue weighted by atomic mass is 9.78. The van der Waals surface area contributed by atoms with Crippen molar-refractivity contribution in [1.29, 1.82) is 0 Å². The fourth-order valence-electron chi connectivity index (χ4n) is 2.40. The molecule has 0 aromatic heterocycles. The van der Waals surface area contributed by atoms with Gasteiger partial charge in [0.25, 0.3) is 0 Å². The maximum Gasteiger partial charge on any atom is 0.0577 e. The van der Waals surface area contributed by atoms with E-state index in [1.54, 1.807) is 0 Å². The predicted octanol–water partition coefficient (Wildman–Crippen LogP) is 3.24. The minimum atomic E-state index is 0.563. The third-order valence-electron chi connectivity index (χ3n) is 3.23. The first-order chi connectivity index (χ1) is 5.77. The van der Waals surface area contributed by atoms with Crippen molar-refractivity contribution >= 4 is 0 Å². The first kappa shape index (κ1) is 10.0. The van der Waals surface area contributed by atoms with Gasteiger partial charge < -0.3 is 4.74 Å². The summed E-state index contributed by atoms with van der Waals surface area (Å²) in [5, 5.41) is 0. The van der Waals surface area contributed by atoms with E-state index in [-0.39, 0.29) is 0 Å². The second kappa shape index (κ2) is 4.86. The van der Waals surface area contributed by atoms with Crippen molar-refractivity contribution in [2.75, 3.05) is 6.61 Å². The monoisotopic (exact) mass is 170 g/mol. The van der Waals surface area contributed by atoms with Crippen LogP contribution in [0, 0.1) is 11.8 Å².